The van der Waals surface area contributed by atoms with Crippen LogP contribution < -0.4 is 26.3 Å². The number of methoxy groups -OCH3 is 2. The van der Waals surface area contributed by atoms with Gasteiger partial charge in [0.1, 0.15) is 28.5 Å². The van der Waals surface area contributed by atoms with Crippen molar-refractivity contribution in [1.29, 1.82) is 0 Å². The summed E-state index contributed by atoms with van der Waals surface area (Å²) in [6, 6.07) is 11.5. The number of fused-ring (bicyclic) bond motifs is 2. The molecule has 0 unspecified atom stereocenters. The summed E-state index contributed by atoms with van der Waals surface area (Å²) in [7, 11) is 3.25. The maximum Gasteiger partial charge on any atom is 0.410 e. The number of rotatable bonds is 6. The van der Waals surface area contributed by atoms with E-state index in [1.165, 1.54) is 5.56 Å². The molecule has 2 saturated heterocycles. The summed E-state index contributed by atoms with van der Waals surface area (Å²) >= 11 is 0. The van der Waals surface area contributed by atoms with Crippen molar-refractivity contribution in [3.63, 3.8) is 0 Å². The third-order valence-electron chi connectivity index (χ3n) is 9.10. The lowest BCUT2D eigenvalue weighted by Crippen LogP contribution is -2.41. The molecule has 6 rings (SSSR count). The number of nitrogens with two attached hydrogens (primary N) is 2. The Kier molecular flexibility index (Phi) is 12.5. The van der Waals surface area contributed by atoms with Gasteiger partial charge in [-0.1, -0.05) is 12.1 Å². The molecule has 2 fully saturated rings. The number of carbonyl (C=O) groups is 3. The summed E-state index contributed by atoms with van der Waals surface area (Å²) in [5.74, 6) is 1.16. The van der Waals surface area contributed by atoms with Crippen molar-refractivity contribution in [3.05, 3.63) is 71.3 Å². The van der Waals surface area contributed by atoms with E-state index in [0.29, 0.717) is 30.5 Å². The number of carbonyl (C=O) groups excluding carboxylic acids is 3. The zero-order valence-corrected chi connectivity index (χ0v) is 30.1. The fourth-order valence-electron chi connectivity index (χ4n) is 6.64. The fourth-order valence-corrected chi connectivity index (χ4v) is 6.64. The van der Waals surface area contributed by atoms with Gasteiger partial charge in [-0.15, -0.1) is 12.4 Å². The van der Waals surface area contributed by atoms with E-state index in [-0.39, 0.29) is 30.1 Å². The number of primary amides is 2. The molecule has 2 aliphatic heterocycles. The van der Waals surface area contributed by atoms with Crippen molar-refractivity contribution in [1.82, 2.24) is 20.2 Å². The number of halogens is 1. The Morgan fingerprint density at radius 3 is 1.58 bits per heavy atom. The van der Waals surface area contributed by atoms with Crippen LogP contribution in [0, 0.1) is 0 Å². The van der Waals surface area contributed by atoms with Crippen LogP contribution in [0.3, 0.4) is 0 Å². The highest BCUT2D eigenvalue weighted by molar-refractivity contribution is 5.99. The number of nitrogens with zero attached hydrogens (tertiary/aromatic N) is 3. The molecule has 0 saturated carbocycles. The quantitative estimate of drug-likeness (QED) is 0.228. The molecule has 2 aromatic heterocycles. The number of piperidine rings is 2. The maximum atomic E-state index is 12.3. The number of hydrogen-bond acceptors (Lipinski definition) is 9. The van der Waals surface area contributed by atoms with Gasteiger partial charge in [0.15, 0.2) is 0 Å². The molecular formula is C37H47ClN6O6. The highest BCUT2D eigenvalue weighted by Crippen LogP contribution is 2.38. The van der Waals surface area contributed by atoms with E-state index in [2.05, 4.69) is 21.4 Å². The SMILES string of the molecule is COc1ccc(C2CCN(C(=O)OC(C)(C)C)CC2)c2cc(C(N)=O)ncc12.COc1ccc(C2CCNCC2)c2cc(C(N)=O)ncc12.Cl. The van der Waals surface area contributed by atoms with E-state index >= 15 is 0 Å². The standard InChI is InChI=1S/C21H27N3O4.C16H19N3O2.ClH/c1-21(2,3)28-20(26)24-9-7-13(8-10-24)14-5-6-18(27-4)16-12-23-17(19(22)25)11-15(14)16;1-21-15-3-2-11(10-4-6-18-7-5-10)12-8-14(16(17)20)19-9-13(12)15;/h5-6,11-13H,7-10H2,1-4H3,(H2,22,25);2-3,8-10,18H,4-7H2,1H3,(H2,17,20);1H. The van der Waals surface area contributed by atoms with Crippen LogP contribution in [0.25, 0.3) is 21.5 Å². The van der Waals surface area contributed by atoms with Gasteiger partial charge in [0.2, 0.25) is 0 Å². The third kappa shape index (κ3) is 8.72. The van der Waals surface area contributed by atoms with Gasteiger partial charge in [-0.05, 0) is 118 Å². The van der Waals surface area contributed by atoms with Gasteiger partial charge in [-0.2, -0.15) is 0 Å². The number of aromatic nitrogens is 2. The highest BCUT2D eigenvalue weighted by Gasteiger charge is 2.29. The van der Waals surface area contributed by atoms with Gasteiger partial charge in [0.05, 0.1) is 14.2 Å². The van der Waals surface area contributed by atoms with E-state index in [1.807, 2.05) is 39.0 Å². The van der Waals surface area contributed by atoms with Crippen LogP contribution in [0.5, 0.6) is 11.5 Å². The molecule has 50 heavy (non-hydrogen) atoms. The summed E-state index contributed by atoms with van der Waals surface area (Å²) in [6.07, 6.45) is 6.85. The van der Waals surface area contributed by atoms with Gasteiger partial charge >= 0.3 is 6.09 Å². The van der Waals surface area contributed by atoms with Crippen molar-refractivity contribution in [2.45, 2.75) is 63.9 Å². The average Bonchev–Trinajstić information content (AvgIpc) is 3.10. The Balaban J connectivity index is 0.000000229. The molecule has 12 nitrogen and oxygen atoms in total. The van der Waals surface area contributed by atoms with Gasteiger partial charge in [0, 0.05) is 36.3 Å². The predicted molar refractivity (Wildman–Crippen MR) is 196 cm³/mol. The van der Waals surface area contributed by atoms with Gasteiger partial charge in [-0.3, -0.25) is 19.6 Å². The molecule has 4 aromatic rings. The molecular weight excluding hydrogens is 660 g/mol. The molecule has 4 heterocycles. The number of amides is 3. The number of nitrogens with one attached hydrogen (secondary N) is 1. The molecule has 0 aliphatic carbocycles. The zero-order valence-electron chi connectivity index (χ0n) is 29.3. The first kappa shape index (κ1) is 38.1. The van der Waals surface area contributed by atoms with Crippen molar-refractivity contribution in [3.8, 4) is 11.5 Å². The smallest absolute Gasteiger partial charge is 0.410 e. The molecule has 5 N–H and O–H groups in total. The Hall–Kier alpha value is -4.68. The molecule has 2 aromatic carbocycles. The molecule has 13 heteroatoms. The Bertz CT molecular complexity index is 1850. The minimum Gasteiger partial charge on any atom is -0.496 e. The van der Waals surface area contributed by atoms with Crippen LogP contribution in [0.4, 0.5) is 4.79 Å². The summed E-state index contributed by atoms with van der Waals surface area (Å²) < 4.78 is 16.3. The van der Waals surface area contributed by atoms with Crippen molar-refractivity contribution < 1.29 is 28.6 Å². The third-order valence-corrected chi connectivity index (χ3v) is 9.10. The molecule has 0 atom stereocenters. The van der Waals surface area contributed by atoms with Gasteiger partial charge in [-0.25, -0.2) is 4.79 Å². The topological polar surface area (TPSA) is 172 Å². The summed E-state index contributed by atoms with van der Waals surface area (Å²) in [4.78, 5) is 45.3. The Morgan fingerprint density at radius 1 is 0.740 bits per heavy atom. The second-order valence-corrected chi connectivity index (χ2v) is 13.4. The first-order valence-corrected chi connectivity index (χ1v) is 16.6. The Morgan fingerprint density at radius 2 is 1.18 bits per heavy atom. The zero-order chi connectivity index (χ0) is 35.3. The molecule has 0 spiro atoms. The predicted octanol–water partition coefficient (Wildman–Crippen LogP) is 5.69. The van der Waals surface area contributed by atoms with E-state index < -0.39 is 17.4 Å². The monoisotopic (exact) mass is 706 g/mol. The van der Waals surface area contributed by atoms with E-state index in [0.717, 1.165) is 71.6 Å². The summed E-state index contributed by atoms with van der Waals surface area (Å²) in [6.45, 7) is 8.89. The second kappa shape index (κ2) is 16.4. The first-order chi connectivity index (χ1) is 23.4. The van der Waals surface area contributed by atoms with Crippen LogP contribution in [0.2, 0.25) is 0 Å². The lowest BCUT2D eigenvalue weighted by molar-refractivity contribution is 0.0205. The van der Waals surface area contributed by atoms with Crippen molar-refractivity contribution >= 4 is 51.9 Å². The fraction of sp³-hybridized carbons (Fsp3) is 0.432. The summed E-state index contributed by atoms with van der Waals surface area (Å²) in [5.41, 5.74) is 13.2. The van der Waals surface area contributed by atoms with E-state index in [9.17, 15) is 14.4 Å². The van der Waals surface area contributed by atoms with Crippen LogP contribution in [-0.4, -0.2) is 78.8 Å². The average molecular weight is 707 g/mol. The highest BCUT2D eigenvalue weighted by atomic mass is 35.5. The molecule has 268 valence electrons. The minimum atomic E-state index is -0.560. The van der Waals surface area contributed by atoms with Crippen LogP contribution in [0.15, 0.2) is 48.8 Å². The van der Waals surface area contributed by atoms with Gasteiger partial charge < -0.3 is 35.9 Å². The van der Waals surface area contributed by atoms with E-state index in [1.54, 1.807) is 43.6 Å². The summed E-state index contributed by atoms with van der Waals surface area (Å²) in [5, 5.41) is 7.08. The van der Waals surface area contributed by atoms with Crippen molar-refractivity contribution in [2.75, 3.05) is 40.4 Å². The van der Waals surface area contributed by atoms with E-state index in [4.69, 9.17) is 25.7 Å². The number of likely N-dealkylation sites (tertiary alicyclic amines) is 1. The molecule has 0 radical (unpaired) electrons. The minimum absolute atomic E-state index is 0. The van der Waals surface area contributed by atoms with Gasteiger partial charge in [0.25, 0.3) is 11.8 Å². The van der Waals surface area contributed by atoms with Crippen LogP contribution >= 0.6 is 12.4 Å². The first-order valence-electron chi connectivity index (χ1n) is 16.6. The maximum absolute atomic E-state index is 12.3. The Labute approximate surface area is 298 Å². The largest absolute Gasteiger partial charge is 0.496 e. The lowest BCUT2D eigenvalue weighted by Gasteiger charge is -2.34. The second-order valence-electron chi connectivity index (χ2n) is 13.4. The number of pyridine rings is 2. The molecule has 0 bridgehead atoms. The number of ether oxygens (including phenoxy) is 3. The molecule has 3 amide bonds. The van der Waals surface area contributed by atoms with Crippen LogP contribution in [-0.2, 0) is 4.74 Å². The number of benzene rings is 2. The normalized spacial score (nSPS) is 15.4. The number of hydrogen-bond donors (Lipinski definition) is 3. The molecule has 2 aliphatic rings. The van der Waals surface area contributed by atoms with Crippen LogP contribution in [0.1, 0.15) is 90.4 Å². The lowest BCUT2D eigenvalue weighted by atomic mass is 9.86. The van der Waals surface area contributed by atoms with Crippen molar-refractivity contribution in [2.24, 2.45) is 11.5 Å².